The van der Waals surface area contributed by atoms with Crippen molar-refractivity contribution >= 4 is 29.6 Å². The van der Waals surface area contributed by atoms with Gasteiger partial charge in [0.25, 0.3) is 0 Å². The van der Waals surface area contributed by atoms with E-state index in [0.717, 1.165) is 11.1 Å². The van der Waals surface area contributed by atoms with Crippen molar-refractivity contribution in [2.75, 3.05) is 11.9 Å². The third-order valence-electron chi connectivity index (χ3n) is 6.43. The van der Waals surface area contributed by atoms with E-state index in [1.807, 2.05) is 36.4 Å². The Balaban J connectivity index is 1.66. The molecule has 10 nitrogen and oxygen atoms in total. The third kappa shape index (κ3) is 10.8. The summed E-state index contributed by atoms with van der Waals surface area (Å²) < 4.78 is 41.8. The van der Waals surface area contributed by atoms with Gasteiger partial charge in [-0.05, 0) is 48.6 Å². The zero-order valence-electron chi connectivity index (χ0n) is 23.8. The minimum absolute atomic E-state index is 0.0522. The summed E-state index contributed by atoms with van der Waals surface area (Å²) in [5.74, 6) is -4.92. The molecule has 2 amide bonds. The van der Waals surface area contributed by atoms with Gasteiger partial charge in [-0.25, -0.2) is 9.78 Å². The van der Waals surface area contributed by atoms with Gasteiger partial charge in [-0.3, -0.25) is 14.4 Å². The molecule has 0 aliphatic heterocycles. The van der Waals surface area contributed by atoms with E-state index >= 15 is 0 Å². The zero-order valence-corrected chi connectivity index (χ0v) is 23.8. The van der Waals surface area contributed by atoms with Crippen molar-refractivity contribution in [2.24, 2.45) is 0 Å². The van der Waals surface area contributed by atoms with Gasteiger partial charge in [0.1, 0.15) is 11.9 Å². The second-order valence-corrected chi connectivity index (χ2v) is 9.90. The summed E-state index contributed by atoms with van der Waals surface area (Å²) in [6.07, 6.45) is -4.79. The number of halogens is 3. The number of rotatable bonds is 14. The average Bonchev–Trinajstić information content (AvgIpc) is 2.99. The van der Waals surface area contributed by atoms with Crippen molar-refractivity contribution < 1.29 is 42.2 Å². The summed E-state index contributed by atoms with van der Waals surface area (Å²) in [6.45, 7) is 1.84. The number of unbranched alkanes of at least 4 members (excludes halogenated alkanes) is 1. The number of pyridine rings is 1. The summed E-state index contributed by atoms with van der Waals surface area (Å²) in [5.41, 5.74) is 1.98. The fourth-order valence-electron chi connectivity index (χ4n) is 4.17. The number of aliphatic hydroxyl groups is 1. The van der Waals surface area contributed by atoms with E-state index in [1.54, 1.807) is 42.6 Å². The minimum atomic E-state index is -5.39. The molecular weight excluding hydrogens is 581 g/mol. The second kappa shape index (κ2) is 16.2. The Labute approximate surface area is 252 Å². The zero-order chi connectivity index (χ0) is 32.1. The van der Waals surface area contributed by atoms with Crippen LogP contribution < -0.4 is 16.0 Å². The lowest BCUT2D eigenvalue weighted by atomic mass is 9.98. The first-order valence-corrected chi connectivity index (χ1v) is 13.8. The standard InChI is InChI=1S/C31H33F3N4O6/c1-20(39)28(38-26(40)12-6-8-18-36-25-11-5-7-17-35-25)29(42)37-24(19-27(41)44-30(43)31(32,33)34)23-15-13-22(14-16-23)21-9-3-2-4-10-21/h2-5,7,9-11,13-17,20,24,28,39H,6,8,12,18-19H2,1H3,(H,35,36)(H,37,42)(H,38,40)/t20-,24?,28-/m1/s1. The van der Waals surface area contributed by atoms with Crippen molar-refractivity contribution in [3.63, 3.8) is 0 Å². The molecule has 0 bridgehead atoms. The molecule has 2 aromatic carbocycles. The molecule has 0 fully saturated rings. The van der Waals surface area contributed by atoms with Gasteiger partial charge in [-0.1, -0.05) is 60.7 Å². The van der Waals surface area contributed by atoms with Gasteiger partial charge < -0.3 is 25.8 Å². The summed E-state index contributed by atoms with van der Waals surface area (Å²) in [5, 5.41) is 18.3. The number of hydrogen-bond acceptors (Lipinski definition) is 8. The van der Waals surface area contributed by atoms with Crippen LogP contribution >= 0.6 is 0 Å². The molecular formula is C31H33F3N4O6. The molecule has 234 valence electrons. The van der Waals surface area contributed by atoms with Gasteiger partial charge >= 0.3 is 18.1 Å². The number of hydrogen-bond donors (Lipinski definition) is 4. The average molecular weight is 615 g/mol. The molecule has 44 heavy (non-hydrogen) atoms. The van der Waals surface area contributed by atoms with Crippen LogP contribution in [0.4, 0.5) is 19.0 Å². The maximum Gasteiger partial charge on any atom is 0.491 e. The molecule has 0 spiro atoms. The molecule has 3 rings (SSSR count). The molecule has 4 N–H and O–H groups in total. The number of nitrogens with zero attached hydrogens (tertiary/aromatic N) is 1. The first-order chi connectivity index (χ1) is 20.9. The number of esters is 2. The van der Waals surface area contributed by atoms with Crippen molar-refractivity contribution in [3.8, 4) is 11.1 Å². The van der Waals surface area contributed by atoms with Crippen LogP contribution in [0.2, 0.25) is 0 Å². The highest BCUT2D eigenvalue weighted by Crippen LogP contribution is 2.25. The fourth-order valence-corrected chi connectivity index (χ4v) is 4.17. The van der Waals surface area contributed by atoms with Crippen LogP contribution in [0.1, 0.15) is 44.2 Å². The Hall–Kier alpha value is -4.78. The SMILES string of the molecule is C[C@@H](O)[C@@H](NC(=O)CCCCNc1ccccn1)C(=O)NC(CC(=O)OC(=O)C(F)(F)F)c1ccc(-c2ccccc2)cc1. The highest BCUT2D eigenvalue weighted by Gasteiger charge is 2.42. The van der Waals surface area contributed by atoms with E-state index in [-0.39, 0.29) is 6.42 Å². The molecule has 13 heteroatoms. The predicted octanol–water partition coefficient (Wildman–Crippen LogP) is 4.08. The minimum Gasteiger partial charge on any atom is -0.391 e. The Morgan fingerprint density at radius 2 is 1.55 bits per heavy atom. The van der Waals surface area contributed by atoms with Crippen molar-refractivity contribution in [3.05, 3.63) is 84.6 Å². The Morgan fingerprint density at radius 3 is 2.16 bits per heavy atom. The Kier molecular flexibility index (Phi) is 12.4. The number of anilines is 1. The van der Waals surface area contributed by atoms with Crippen LogP contribution in [0.15, 0.2) is 79.0 Å². The van der Waals surface area contributed by atoms with E-state index < -0.39 is 54.5 Å². The van der Waals surface area contributed by atoms with E-state index in [4.69, 9.17) is 0 Å². The maximum absolute atomic E-state index is 13.2. The number of carbonyl (C=O) groups excluding carboxylic acids is 4. The summed E-state index contributed by atoms with van der Waals surface area (Å²) in [6, 6.07) is 18.5. The van der Waals surface area contributed by atoms with Crippen LogP contribution in [-0.2, 0) is 23.9 Å². The highest BCUT2D eigenvalue weighted by atomic mass is 19.4. The number of carbonyl (C=O) groups is 4. The molecule has 0 saturated carbocycles. The normalized spacial score (nSPS) is 13.2. The van der Waals surface area contributed by atoms with Crippen LogP contribution in [0.5, 0.6) is 0 Å². The molecule has 3 atom stereocenters. The van der Waals surface area contributed by atoms with Crippen LogP contribution in [-0.4, -0.2) is 58.7 Å². The second-order valence-electron chi connectivity index (χ2n) is 9.90. The molecule has 1 aromatic heterocycles. The predicted molar refractivity (Wildman–Crippen MR) is 155 cm³/mol. The third-order valence-corrected chi connectivity index (χ3v) is 6.43. The molecule has 0 saturated heterocycles. The number of nitrogens with one attached hydrogen (secondary N) is 3. The largest absolute Gasteiger partial charge is 0.491 e. The summed E-state index contributed by atoms with van der Waals surface area (Å²) in [7, 11) is 0. The van der Waals surface area contributed by atoms with E-state index in [0.29, 0.717) is 30.8 Å². The van der Waals surface area contributed by atoms with Crippen molar-refractivity contribution in [1.82, 2.24) is 15.6 Å². The van der Waals surface area contributed by atoms with Gasteiger partial charge in [0, 0.05) is 19.2 Å². The quantitative estimate of drug-likeness (QED) is 0.121. The van der Waals surface area contributed by atoms with Gasteiger partial charge in [-0.2, -0.15) is 13.2 Å². The molecule has 0 radical (unpaired) electrons. The van der Waals surface area contributed by atoms with Crippen molar-refractivity contribution in [1.29, 1.82) is 0 Å². The number of benzene rings is 2. The van der Waals surface area contributed by atoms with Gasteiger partial charge in [0.05, 0.1) is 18.6 Å². The lowest BCUT2D eigenvalue weighted by Crippen LogP contribution is -2.53. The molecule has 1 heterocycles. The Bertz CT molecular complexity index is 1390. The smallest absolute Gasteiger partial charge is 0.391 e. The number of ether oxygens (including phenoxy) is 1. The molecule has 0 aliphatic rings. The molecule has 0 aliphatic carbocycles. The molecule has 1 unspecified atom stereocenters. The van der Waals surface area contributed by atoms with Crippen molar-refractivity contribution in [2.45, 2.75) is 57.0 Å². The van der Waals surface area contributed by atoms with E-state index in [2.05, 4.69) is 25.7 Å². The van der Waals surface area contributed by atoms with Crippen LogP contribution in [0, 0.1) is 0 Å². The summed E-state index contributed by atoms with van der Waals surface area (Å²) >= 11 is 0. The lowest BCUT2D eigenvalue weighted by Gasteiger charge is -2.25. The topological polar surface area (TPSA) is 147 Å². The highest BCUT2D eigenvalue weighted by molar-refractivity contribution is 5.90. The summed E-state index contributed by atoms with van der Waals surface area (Å²) in [4.78, 5) is 53.4. The fraction of sp³-hybridized carbons (Fsp3) is 0.323. The Morgan fingerprint density at radius 1 is 0.886 bits per heavy atom. The number of alkyl halides is 3. The number of aromatic nitrogens is 1. The number of aliphatic hydroxyl groups excluding tert-OH is 1. The molecule has 3 aromatic rings. The van der Waals surface area contributed by atoms with E-state index in [1.165, 1.54) is 6.92 Å². The van der Waals surface area contributed by atoms with Gasteiger partial charge in [0.2, 0.25) is 11.8 Å². The monoisotopic (exact) mass is 614 g/mol. The van der Waals surface area contributed by atoms with Gasteiger partial charge in [0.15, 0.2) is 0 Å². The maximum atomic E-state index is 13.2. The number of amides is 2. The first-order valence-electron chi connectivity index (χ1n) is 13.8. The van der Waals surface area contributed by atoms with E-state index in [9.17, 15) is 37.5 Å². The van der Waals surface area contributed by atoms with Crippen LogP contribution in [0.25, 0.3) is 11.1 Å². The van der Waals surface area contributed by atoms with Crippen LogP contribution in [0.3, 0.4) is 0 Å². The first kappa shape index (κ1) is 33.7. The van der Waals surface area contributed by atoms with Gasteiger partial charge in [-0.15, -0.1) is 0 Å². The lowest BCUT2D eigenvalue weighted by molar-refractivity contribution is -0.202.